The first kappa shape index (κ1) is 37.5. The highest BCUT2D eigenvalue weighted by Gasteiger charge is 2.30. The predicted molar refractivity (Wildman–Crippen MR) is 195 cm³/mol. The minimum Gasteiger partial charge on any atom is -0.490 e. The maximum atomic E-state index is 14.4. The van der Waals surface area contributed by atoms with Crippen molar-refractivity contribution in [2.75, 3.05) is 50.8 Å². The molecule has 0 aromatic heterocycles. The number of halogens is 2. The molecule has 0 unspecified atom stereocenters. The molecule has 0 fully saturated rings. The largest absolute Gasteiger partial charge is 0.490 e. The van der Waals surface area contributed by atoms with Crippen molar-refractivity contribution in [3.63, 3.8) is 0 Å². The van der Waals surface area contributed by atoms with Crippen LogP contribution >= 0.6 is 23.2 Å². The number of ether oxygens (including phenoxy) is 4. The van der Waals surface area contributed by atoms with E-state index in [0.29, 0.717) is 64.9 Å². The van der Waals surface area contributed by atoms with Crippen LogP contribution in [0.25, 0.3) is 0 Å². The van der Waals surface area contributed by atoms with Gasteiger partial charge in [-0.1, -0.05) is 36.2 Å². The molecular weight excluding hydrogens is 683 g/mol. The third-order valence-corrected chi connectivity index (χ3v) is 9.61. The van der Waals surface area contributed by atoms with Crippen LogP contribution in [0.15, 0.2) is 54.6 Å². The van der Waals surface area contributed by atoms with Gasteiger partial charge in [0.05, 0.1) is 40.5 Å². The molecule has 270 valence electrons. The average Bonchev–Trinajstić information content (AvgIpc) is 3.55. The first-order valence-corrected chi connectivity index (χ1v) is 17.7. The van der Waals surface area contributed by atoms with Gasteiger partial charge in [0.2, 0.25) is 6.79 Å². The van der Waals surface area contributed by atoms with Crippen LogP contribution in [0.2, 0.25) is 10.0 Å². The van der Waals surface area contributed by atoms with Crippen molar-refractivity contribution in [1.29, 1.82) is 0 Å². The van der Waals surface area contributed by atoms with Gasteiger partial charge in [0.15, 0.2) is 11.5 Å². The monoisotopic (exact) mass is 728 g/mol. The van der Waals surface area contributed by atoms with Gasteiger partial charge in [-0.25, -0.2) is 4.79 Å². The minimum absolute atomic E-state index is 0.0933. The fourth-order valence-corrected chi connectivity index (χ4v) is 6.37. The third kappa shape index (κ3) is 9.95. The molecule has 0 radical (unpaired) electrons. The summed E-state index contributed by atoms with van der Waals surface area (Å²) in [4.78, 5) is 31.3. The van der Waals surface area contributed by atoms with E-state index in [-0.39, 0.29) is 43.0 Å². The number of fused-ring (bicyclic) bond motifs is 2. The second-order valence-electron chi connectivity index (χ2n) is 13.1. The van der Waals surface area contributed by atoms with Crippen LogP contribution in [0, 0.1) is 5.92 Å². The van der Waals surface area contributed by atoms with E-state index in [4.69, 9.17) is 42.1 Å². The van der Waals surface area contributed by atoms with E-state index in [9.17, 15) is 14.7 Å². The summed E-state index contributed by atoms with van der Waals surface area (Å²) in [5, 5.41) is 16.9. The summed E-state index contributed by atoms with van der Waals surface area (Å²) in [6.07, 6.45) is 2.14. The Morgan fingerprint density at radius 3 is 2.44 bits per heavy atom. The van der Waals surface area contributed by atoms with Crippen molar-refractivity contribution in [1.82, 2.24) is 9.80 Å². The highest BCUT2D eigenvalue weighted by atomic mass is 35.5. The lowest BCUT2D eigenvalue weighted by atomic mass is 10.0. The molecule has 5 rings (SSSR count). The Morgan fingerprint density at radius 2 is 1.70 bits per heavy atom. The van der Waals surface area contributed by atoms with Crippen molar-refractivity contribution >= 4 is 46.5 Å². The van der Waals surface area contributed by atoms with Crippen molar-refractivity contribution in [2.24, 2.45) is 5.92 Å². The van der Waals surface area contributed by atoms with Crippen molar-refractivity contribution in [2.45, 2.75) is 64.8 Å². The number of amides is 3. The van der Waals surface area contributed by atoms with Gasteiger partial charge in [0, 0.05) is 49.6 Å². The first-order chi connectivity index (χ1) is 24.0. The Bertz CT molecular complexity index is 1640. The number of urea groups is 1. The maximum absolute atomic E-state index is 14.4. The standard InChI is InChI=1S/C37H46Cl2N4O7/c1-23-18-43(24(2)21-44)36(45)29-16-27(40-37(46)41-28-10-13-33-34(17-28)49-22-48-33)9-12-32(29)50-25(3)7-5-6-14-47-35(23)20-42(4)19-26-8-11-30(38)31(39)15-26/h8-13,15-17,23-25,35,44H,5-7,14,18-22H2,1-4H3,(H2,40,41,46)/t23-,24-,25-,35+/m1/s1. The van der Waals surface area contributed by atoms with Crippen molar-refractivity contribution in [3.05, 3.63) is 75.8 Å². The topological polar surface area (TPSA) is 122 Å². The van der Waals surface area contributed by atoms with Gasteiger partial charge in [-0.3, -0.25) is 9.69 Å². The molecule has 13 heteroatoms. The van der Waals surface area contributed by atoms with E-state index in [2.05, 4.69) is 22.5 Å². The maximum Gasteiger partial charge on any atom is 0.323 e. The number of carbonyl (C=O) groups is 2. The second kappa shape index (κ2) is 17.5. The van der Waals surface area contributed by atoms with Gasteiger partial charge in [0.25, 0.3) is 5.91 Å². The average molecular weight is 730 g/mol. The first-order valence-electron chi connectivity index (χ1n) is 16.9. The minimum atomic E-state index is -0.497. The SMILES string of the molecule is C[C@@H]1CCCCO[C@@H](CN(C)Cc2ccc(Cl)c(Cl)c2)[C@H](C)CN([C@H](C)CO)C(=O)c2cc(NC(=O)Nc3ccc4c(c3)OCO4)ccc2O1. The van der Waals surface area contributed by atoms with Gasteiger partial charge in [-0.05, 0) is 88.2 Å². The molecule has 3 aromatic carbocycles. The van der Waals surface area contributed by atoms with Gasteiger partial charge >= 0.3 is 6.03 Å². The number of likely N-dealkylation sites (N-methyl/N-ethyl adjacent to an activating group) is 1. The zero-order valence-corrected chi connectivity index (χ0v) is 30.4. The van der Waals surface area contributed by atoms with Crippen LogP contribution in [0.1, 0.15) is 56.0 Å². The van der Waals surface area contributed by atoms with Crippen LogP contribution in [-0.2, 0) is 11.3 Å². The fraction of sp³-hybridized carbons (Fsp3) is 0.459. The molecule has 3 amide bonds. The van der Waals surface area contributed by atoms with Gasteiger partial charge in [-0.2, -0.15) is 0 Å². The lowest BCUT2D eigenvalue weighted by Gasteiger charge is -2.36. The summed E-state index contributed by atoms with van der Waals surface area (Å²) in [5.41, 5.74) is 2.24. The summed E-state index contributed by atoms with van der Waals surface area (Å²) >= 11 is 12.4. The Hall–Kier alpha value is -3.74. The number of rotatable bonds is 8. The zero-order valence-electron chi connectivity index (χ0n) is 28.9. The molecule has 0 spiro atoms. The molecule has 50 heavy (non-hydrogen) atoms. The molecule has 3 N–H and O–H groups in total. The Labute approximate surface area is 303 Å². The van der Waals surface area contributed by atoms with Crippen LogP contribution in [0.4, 0.5) is 16.2 Å². The van der Waals surface area contributed by atoms with Crippen LogP contribution in [0.5, 0.6) is 17.2 Å². The summed E-state index contributed by atoms with van der Waals surface area (Å²) < 4.78 is 23.6. The van der Waals surface area contributed by atoms with Gasteiger partial charge in [-0.15, -0.1) is 0 Å². The highest BCUT2D eigenvalue weighted by Crippen LogP contribution is 2.34. The quantitative estimate of drug-likeness (QED) is 0.221. The van der Waals surface area contributed by atoms with Crippen molar-refractivity contribution < 1.29 is 33.6 Å². The number of benzene rings is 3. The number of hydrogen-bond acceptors (Lipinski definition) is 8. The summed E-state index contributed by atoms with van der Waals surface area (Å²) in [7, 11) is 2.02. The summed E-state index contributed by atoms with van der Waals surface area (Å²) in [5.74, 6) is 1.16. The molecule has 0 aliphatic carbocycles. The third-order valence-electron chi connectivity index (χ3n) is 8.87. The van der Waals surface area contributed by atoms with E-state index in [0.717, 1.165) is 24.8 Å². The van der Waals surface area contributed by atoms with Crippen LogP contribution in [-0.4, -0.2) is 85.2 Å². The highest BCUT2D eigenvalue weighted by molar-refractivity contribution is 6.42. The Balaban J connectivity index is 1.36. The molecule has 11 nitrogen and oxygen atoms in total. The number of anilines is 2. The van der Waals surface area contributed by atoms with Gasteiger partial charge in [0.1, 0.15) is 5.75 Å². The molecule has 0 bridgehead atoms. The Kier molecular flexibility index (Phi) is 13.1. The van der Waals surface area contributed by atoms with E-state index in [1.807, 2.05) is 33.0 Å². The number of hydrogen-bond donors (Lipinski definition) is 3. The Morgan fingerprint density at radius 1 is 0.980 bits per heavy atom. The summed E-state index contributed by atoms with van der Waals surface area (Å²) in [6.45, 7) is 7.89. The smallest absolute Gasteiger partial charge is 0.323 e. The molecule has 0 saturated heterocycles. The van der Waals surface area contributed by atoms with Gasteiger partial charge < -0.3 is 39.6 Å². The fourth-order valence-electron chi connectivity index (χ4n) is 6.05. The molecule has 4 atom stereocenters. The lowest BCUT2D eigenvalue weighted by Crippen LogP contribution is -2.47. The number of aliphatic hydroxyl groups is 1. The number of aliphatic hydroxyl groups excluding tert-OH is 1. The lowest BCUT2D eigenvalue weighted by molar-refractivity contribution is -0.0177. The van der Waals surface area contributed by atoms with Crippen LogP contribution in [0.3, 0.4) is 0 Å². The molecule has 2 aliphatic heterocycles. The second-order valence-corrected chi connectivity index (χ2v) is 13.9. The number of carbonyl (C=O) groups excluding carboxylic acids is 2. The van der Waals surface area contributed by atoms with E-state index in [1.165, 1.54) is 0 Å². The number of nitrogens with zero attached hydrogens (tertiary/aromatic N) is 2. The molecule has 2 heterocycles. The van der Waals surface area contributed by atoms with E-state index < -0.39 is 12.1 Å². The normalized spacial score (nSPS) is 20.4. The van der Waals surface area contributed by atoms with E-state index in [1.54, 1.807) is 47.4 Å². The zero-order chi connectivity index (χ0) is 35.8. The van der Waals surface area contributed by atoms with Crippen LogP contribution < -0.4 is 24.8 Å². The number of nitrogens with one attached hydrogen (secondary N) is 2. The summed E-state index contributed by atoms with van der Waals surface area (Å²) in [6, 6.07) is 14.8. The molecule has 3 aromatic rings. The predicted octanol–water partition coefficient (Wildman–Crippen LogP) is 7.29. The van der Waals surface area contributed by atoms with E-state index >= 15 is 0 Å². The molecular formula is C37H46Cl2N4O7. The molecule has 0 saturated carbocycles. The molecule has 2 aliphatic rings. The van der Waals surface area contributed by atoms with Crippen molar-refractivity contribution in [3.8, 4) is 17.2 Å².